The largest absolute Gasteiger partial charge is 0.508 e. The van der Waals surface area contributed by atoms with Crippen LogP contribution in [0.5, 0.6) is 5.75 Å². The van der Waals surface area contributed by atoms with E-state index in [9.17, 15) is 9.90 Å². The average Bonchev–Trinajstić information content (AvgIpc) is 3.09. The van der Waals surface area contributed by atoms with Gasteiger partial charge in [-0.3, -0.25) is 19.7 Å². The molecule has 2 aliphatic rings. The van der Waals surface area contributed by atoms with Crippen LogP contribution in [0.1, 0.15) is 35.3 Å². The fourth-order valence-electron chi connectivity index (χ4n) is 4.51. The molecule has 30 heavy (non-hydrogen) atoms. The van der Waals surface area contributed by atoms with Crippen LogP contribution in [0, 0.1) is 6.92 Å². The maximum atomic E-state index is 13.3. The number of aromatic nitrogens is 3. The molecule has 2 aromatic heterocycles. The van der Waals surface area contributed by atoms with Crippen molar-refractivity contribution in [3.8, 4) is 17.0 Å². The summed E-state index contributed by atoms with van der Waals surface area (Å²) in [6, 6.07) is 9.50. The molecule has 2 N–H and O–H groups in total. The predicted octanol–water partition coefficient (Wildman–Crippen LogP) is 2.99. The van der Waals surface area contributed by atoms with E-state index >= 15 is 0 Å². The molecule has 0 radical (unpaired) electrons. The van der Waals surface area contributed by atoms with Crippen LogP contribution in [0.15, 0.2) is 30.3 Å². The fourth-order valence-corrected chi connectivity index (χ4v) is 4.51. The minimum atomic E-state index is 0.101. The molecule has 0 bridgehead atoms. The van der Waals surface area contributed by atoms with E-state index in [1.807, 2.05) is 13.0 Å². The number of hydrogen-bond acceptors (Lipinski definition) is 6. The number of aryl methyl sites for hydroxylation is 1. The smallest absolute Gasteiger partial charge is 0.177 e. The number of phenols is 1. The number of ketones is 1. The quantitative estimate of drug-likeness (QED) is 0.635. The Labute approximate surface area is 175 Å². The van der Waals surface area contributed by atoms with Crippen molar-refractivity contribution >= 4 is 16.8 Å². The van der Waals surface area contributed by atoms with Crippen LogP contribution >= 0.6 is 0 Å². The summed E-state index contributed by atoms with van der Waals surface area (Å²) in [5.41, 5.74) is 3.62. The van der Waals surface area contributed by atoms with Gasteiger partial charge in [0.15, 0.2) is 11.4 Å². The van der Waals surface area contributed by atoms with E-state index in [0.29, 0.717) is 23.4 Å². The second-order valence-electron chi connectivity index (χ2n) is 8.45. The Kier molecular flexibility index (Phi) is 5.00. The fraction of sp³-hybridized carbons (Fsp3) is 0.435. The number of hydrogen-bond donors (Lipinski definition) is 2. The SMILES string of the molecule is Cc1n[nH]c2nc(-c3ccc(O)cc3)cc(C(=O)CN3CCN(C4CCC4)CC3)c12. The maximum absolute atomic E-state index is 13.3. The highest BCUT2D eigenvalue weighted by atomic mass is 16.3. The Hall–Kier alpha value is -2.77. The number of aromatic amines is 1. The second kappa shape index (κ2) is 7.81. The molecule has 7 heteroatoms. The van der Waals surface area contributed by atoms with E-state index in [2.05, 4.69) is 25.0 Å². The van der Waals surface area contributed by atoms with Gasteiger partial charge in [-0.25, -0.2) is 4.98 Å². The van der Waals surface area contributed by atoms with Crippen molar-refractivity contribution in [1.82, 2.24) is 25.0 Å². The first-order valence-electron chi connectivity index (χ1n) is 10.7. The number of nitrogens with one attached hydrogen (secondary N) is 1. The molecule has 7 nitrogen and oxygen atoms in total. The molecule has 1 aliphatic carbocycles. The van der Waals surface area contributed by atoms with Crippen molar-refractivity contribution in [1.29, 1.82) is 0 Å². The Morgan fingerprint density at radius 2 is 1.90 bits per heavy atom. The Morgan fingerprint density at radius 3 is 2.57 bits per heavy atom. The zero-order chi connectivity index (χ0) is 20.7. The van der Waals surface area contributed by atoms with Gasteiger partial charge in [-0.05, 0) is 50.1 Å². The molecule has 1 aromatic carbocycles. The number of carbonyl (C=O) groups excluding carboxylic acids is 1. The van der Waals surface area contributed by atoms with Crippen molar-refractivity contribution in [2.75, 3.05) is 32.7 Å². The summed E-state index contributed by atoms with van der Waals surface area (Å²) >= 11 is 0. The van der Waals surface area contributed by atoms with Gasteiger partial charge in [0.2, 0.25) is 0 Å². The van der Waals surface area contributed by atoms with Crippen LogP contribution in [0.4, 0.5) is 0 Å². The van der Waals surface area contributed by atoms with Crippen molar-refractivity contribution in [3.63, 3.8) is 0 Å². The Balaban J connectivity index is 1.39. The Bertz CT molecular complexity index is 1060. The molecule has 156 valence electrons. The van der Waals surface area contributed by atoms with Gasteiger partial charge in [0.1, 0.15) is 5.75 Å². The normalized spacial score (nSPS) is 18.6. The summed E-state index contributed by atoms with van der Waals surface area (Å²) in [4.78, 5) is 22.8. The molecular weight excluding hydrogens is 378 g/mol. The van der Waals surface area contributed by atoms with Gasteiger partial charge in [0.05, 0.1) is 23.3 Å². The molecule has 5 rings (SSSR count). The van der Waals surface area contributed by atoms with Crippen LogP contribution in [0.3, 0.4) is 0 Å². The third-order valence-corrected chi connectivity index (χ3v) is 6.54. The number of phenolic OH excluding ortho intramolecular Hbond substituents is 1. The molecule has 3 aromatic rings. The van der Waals surface area contributed by atoms with Gasteiger partial charge in [-0.15, -0.1) is 0 Å². The summed E-state index contributed by atoms with van der Waals surface area (Å²) in [7, 11) is 0. The molecule has 0 amide bonds. The first kappa shape index (κ1) is 19.2. The van der Waals surface area contributed by atoms with Crippen molar-refractivity contribution in [2.24, 2.45) is 0 Å². The monoisotopic (exact) mass is 405 g/mol. The molecule has 0 atom stereocenters. The standard InChI is InChI=1S/C23H27N5O2/c1-15-22-19(21(30)14-27-9-11-28(12-10-27)17-3-2-4-17)13-20(24-23(22)26-25-15)16-5-7-18(29)8-6-16/h5-8,13,17,29H,2-4,9-12,14H2,1H3,(H,24,25,26). The highest BCUT2D eigenvalue weighted by Gasteiger charge is 2.29. The number of carbonyl (C=O) groups is 1. The lowest BCUT2D eigenvalue weighted by molar-refractivity contribution is 0.0576. The minimum absolute atomic E-state index is 0.101. The van der Waals surface area contributed by atoms with E-state index in [-0.39, 0.29) is 11.5 Å². The topological polar surface area (TPSA) is 85.3 Å². The molecule has 2 fully saturated rings. The van der Waals surface area contributed by atoms with E-state index in [0.717, 1.165) is 48.9 Å². The van der Waals surface area contributed by atoms with Crippen LogP contribution < -0.4 is 0 Å². The molecule has 1 aliphatic heterocycles. The lowest BCUT2D eigenvalue weighted by Gasteiger charge is -2.42. The number of H-pyrrole nitrogens is 1. The lowest BCUT2D eigenvalue weighted by Crippen LogP contribution is -2.53. The zero-order valence-electron chi connectivity index (χ0n) is 17.3. The van der Waals surface area contributed by atoms with E-state index in [4.69, 9.17) is 0 Å². The summed E-state index contributed by atoms with van der Waals surface area (Å²) in [5.74, 6) is 0.304. The van der Waals surface area contributed by atoms with Crippen LogP contribution in [-0.2, 0) is 0 Å². The third kappa shape index (κ3) is 3.59. The number of pyridine rings is 1. The van der Waals surface area contributed by atoms with Gasteiger partial charge >= 0.3 is 0 Å². The average molecular weight is 406 g/mol. The predicted molar refractivity (Wildman–Crippen MR) is 116 cm³/mol. The van der Waals surface area contributed by atoms with Crippen LogP contribution in [0.25, 0.3) is 22.3 Å². The number of Topliss-reactive ketones (excluding diaryl/α,β-unsaturated/α-hetero) is 1. The zero-order valence-corrected chi connectivity index (χ0v) is 17.3. The number of rotatable bonds is 5. The van der Waals surface area contributed by atoms with E-state index in [1.165, 1.54) is 19.3 Å². The summed E-state index contributed by atoms with van der Waals surface area (Å²) in [6.07, 6.45) is 4.01. The van der Waals surface area contributed by atoms with Crippen molar-refractivity contribution in [3.05, 3.63) is 41.6 Å². The van der Waals surface area contributed by atoms with Crippen molar-refractivity contribution < 1.29 is 9.90 Å². The number of fused-ring (bicyclic) bond motifs is 1. The second-order valence-corrected chi connectivity index (χ2v) is 8.45. The molecule has 0 spiro atoms. The van der Waals surface area contributed by atoms with Gasteiger partial charge in [0, 0.05) is 43.3 Å². The summed E-state index contributed by atoms with van der Waals surface area (Å²) < 4.78 is 0. The summed E-state index contributed by atoms with van der Waals surface area (Å²) in [6.45, 7) is 6.28. The lowest BCUT2D eigenvalue weighted by atomic mass is 9.91. The van der Waals surface area contributed by atoms with Gasteiger partial charge in [0.25, 0.3) is 0 Å². The maximum Gasteiger partial charge on any atom is 0.177 e. The number of benzene rings is 1. The highest BCUT2D eigenvalue weighted by molar-refractivity contribution is 6.09. The number of nitrogens with zero attached hydrogens (tertiary/aromatic N) is 4. The Morgan fingerprint density at radius 1 is 1.17 bits per heavy atom. The van der Waals surface area contributed by atoms with E-state index < -0.39 is 0 Å². The minimum Gasteiger partial charge on any atom is -0.508 e. The van der Waals surface area contributed by atoms with Crippen LogP contribution in [-0.4, -0.2) is 74.6 Å². The van der Waals surface area contributed by atoms with Gasteiger partial charge in [-0.1, -0.05) is 6.42 Å². The molecule has 0 unspecified atom stereocenters. The molecule has 1 saturated carbocycles. The first-order valence-corrected chi connectivity index (χ1v) is 10.7. The third-order valence-electron chi connectivity index (χ3n) is 6.54. The number of aromatic hydroxyl groups is 1. The first-order chi connectivity index (χ1) is 14.6. The molecule has 1 saturated heterocycles. The van der Waals surface area contributed by atoms with Gasteiger partial charge in [-0.2, -0.15) is 5.10 Å². The van der Waals surface area contributed by atoms with Crippen molar-refractivity contribution in [2.45, 2.75) is 32.2 Å². The van der Waals surface area contributed by atoms with Gasteiger partial charge < -0.3 is 5.11 Å². The van der Waals surface area contributed by atoms with E-state index in [1.54, 1.807) is 24.3 Å². The van der Waals surface area contributed by atoms with Crippen LogP contribution in [0.2, 0.25) is 0 Å². The highest BCUT2D eigenvalue weighted by Crippen LogP contribution is 2.28. The molecule has 3 heterocycles. The number of piperazine rings is 1. The molecular formula is C23H27N5O2. The summed E-state index contributed by atoms with van der Waals surface area (Å²) in [5, 5.41) is 17.6.